The molecule has 1 aromatic carbocycles. The third-order valence-electron chi connectivity index (χ3n) is 3.55. The van der Waals surface area contributed by atoms with E-state index in [0.29, 0.717) is 19.6 Å². The van der Waals surface area contributed by atoms with Crippen LogP contribution in [0.5, 0.6) is 0 Å². The maximum atomic E-state index is 12.1. The van der Waals surface area contributed by atoms with E-state index >= 15 is 0 Å². The lowest BCUT2D eigenvalue weighted by atomic mass is 9.87. The lowest BCUT2D eigenvalue weighted by molar-refractivity contribution is -0.127. The van der Waals surface area contributed by atoms with Gasteiger partial charge in [-0.1, -0.05) is 45.9 Å². The molecule has 1 aromatic rings. The Balaban J connectivity index is 2.02. The molecule has 4 nitrogen and oxygen atoms in total. The molecule has 0 aliphatic carbocycles. The van der Waals surface area contributed by atoms with Crippen LogP contribution in [0.15, 0.2) is 29.2 Å². The fourth-order valence-electron chi connectivity index (χ4n) is 2.42. The Labute approximate surface area is 136 Å². The fourth-order valence-corrected chi connectivity index (χ4v) is 3.74. The summed E-state index contributed by atoms with van der Waals surface area (Å²) in [5.41, 5.74) is 1.34. The maximum absolute atomic E-state index is 12.1. The van der Waals surface area contributed by atoms with Crippen LogP contribution >= 0.6 is 11.8 Å². The summed E-state index contributed by atoms with van der Waals surface area (Å²) in [6.45, 7) is 9.24. The smallest absolute Gasteiger partial charge is 0.416 e. The largest absolute Gasteiger partial charge is 0.447 e. The van der Waals surface area contributed by atoms with Crippen molar-refractivity contribution in [3.8, 4) is 0 Å². The summed E-state index contributed by atoms with van der Waals surface area (Å²) in [5, 5.41) is 0.101. The van der Waals surface area contributed by atoms with Crippen molar-refractivity contribution in [1.29, 1.82) is 0 Å². The summed E-state index contributed by atoms with van der Waals surface area (Å²) in [4.78, 5) is 26.0. The molecule has 0 unspecified atom stereocenters. The van der Waals surface area contributed by atoms with Gasteiger partial charge in [0.15, 0.2) is 0 Å². The first-order valence-electron chi connectivity index (χ1n) is 7.52. The van der Waals surface area contributed by atoms with E-state index in [1.54, 1.807) is 11.8 Å². The van der Waals surface area contributed by atoms with Crippen LogP contribution in [0.2, 0.25) is 0 Å². The van der Waals surface area contributed by atoms with Gasteiger partial charge in [-0.2, -0.15) is 0 Å². The number of rotatable bonds is 4. The van der Waals surface area contributed by atoms with Gasteiger partial charge in [-0.05, 0) is 17.0 Å². The number of hydrogen-bond donors (Lipinski definition) is 0. The molecule has 22 heavy (non-hydrogen) atoms. The Morgan fingerprint density at radius 1 is 1.36 bits per heavy atom. The molecular formula is C17H23NO3S. The van der Waals surface area contributed by atoms with Gasteiger partial charge in [-0.25, -0.2) is 9.69 Å². The summed E-state index contributed by atoms with van der Waals surface area (Å²) >= 11 is 1.69. The Morgan fingerprint density at radius 2 is 2.05 bits per heavy atom. The summed E-state index contributed by atoms with van der Waals surface area (Å²) in [7, 11) is 0. The molecule has 0 radical (unpaired) electrons. The predicted molar refractivity (Wildman–Crippen MR) is 88.1 cm³/mol. The molecular weight excluding hydrogens is 298 g/mol. The average molecular weight is 321 g/mol. The number of nitrogens with zero attached hydrogens (tertiary/aromatic N) is 1. The third kappa shape index (κ3) is 4.03. The van der Waals surface area contributed by atoms with Gasteiger partial charge in [0.1, 0.15) is 6.61 Å². The first kappa shape index (κ1) is 16.9. The van der Waals surface area contributed by atoms with Gasteiger partial charge in [0.2, 0.25) is 5.91 Å². The van der Waals surface area contributed by atoms with E-state index < -0.39 is 6.09 Å². The van der Waals surface area contributed by atoms with E-state index in [-0.39, 0.29) is 16.6 Å². The quantitative estimate of drug-likeness (QED) is 0.791. The Bertz CT molecular complexity index is 565. The topological polar surface area (TPSA) is 46.6 Å². The van der Waals surface area contributed by atoms with E-state index in [1.807, 2.05) is 19.1 Å². The van der Waals surface area contributed by atoms with Crippen LogP contribution in [0.3, 0.4) is 0 Å². The Kier molecular flexibility index (Phi) is 5.16. The van der Waals surface area contributed by atoms with Crippen LogP contribution in [0.25, 0.3) is 0 Å². The van der Waals surface area contributed by atoms with Crippen molar-refractivity contribution in [3.05, 3.63) is 29.8 Å². The Morgan fingerprint density at radius 3 is 2.64 bits per heavy atom. The molecule has 5 heteroatoms. The molecule has 1 saturated heterocycles. The molecule has 0 N–H and O–H groups in total. The van der Waals surface area contributed by atoms with Gasteiger partial charge >= 0.3 is 6.09 Å². The molecule has 0 spiro atoms. The maximum Gasteiger partial charge on any atom is 0.416 e. The number of benzene rings is 1. The molecule has 2 amide bonds. The van der Waals surface area contributed by atoms with Gasteiger partial charge in [-0.15, -0.1) is 11.8 Å². The zero-order chi connectivity index (χ0) is 16.3. The van der Waals surface area contributed by atoms with Crippen molar-refractivity contribution >= 4 is 23.8 Å². The minimum Gasteiger partial charge on any atom is -0.447 e. The van der Waals surface area contributed by atoms with E-state index in [9.17, 15) is 9.59 Å². The molecule has 0 aromatic heterocycles. The van der Waals surface area contributed by atoms with E-state index in [4.69, 9.17) is 4.74 Å². The van der Waals surface area contributed by atoms with Crippen LogP contribution < -0.4 is 0 Å². The van der Waals surface area contributed by atoms with Crippen LogP contribution in [0, 0.1) is 0 Å². The normalized spacial score (nSPS) is 16.5. The molecule has 2 rings (SSSR count). The minimum absolute atomic E-state index is 0.0616. The van der Waals surface area contributed by atoms with Crippen molar-refractivity contribution in [2.24, 2.45) is 0 Å². The van der Waals surface area contributed by atoms with Gasteiger partial charge in [0.05, 0.1) is 6.54 Å². The standard InChI is InChI=1S/C17H23NO3S/c1-12(11-15(19)18-9-10-21-16(18)20)22-14-8-6-5-7-13(14)17(2,3)4/h5-8,12H,9-11H2,1-4H3/t12-/m0/s1. The summed E-state index contributed by atoms with van der Waals surface area (Å²) in [6, 6.07) is 8.29. The lowest BCUT2D eigenvalue weighted by Gasteiger charge is -2.24. The number of thioether (sulfide) groups is 1. The van der Waals surface area contributed by atoms with E-state index in [1.165, 1.54) is 15.4 Å². The number of hydrogen-bond acceptors (Lipinski definition) is 4. The molecule has 1 aliphatic heterocycles. The number of carbonyl (C=O) groups is 2. The number of imide groups is 1. The van der Waals surface area contributed by atoms with Crippen LogP contribution in [0.4, 0.5) is 4.79 Å². The average Bonchev–Trinajstić information content (AvgIpc) is 2.84. The summed E-state index contributed by atoms with van der Waals surface area (Å²) in [5.74, 6) is -0.157. The SMILES string of the molecule is C[C@@H](CC(=O)N1CCOC1=O)Sc1ccccc1C(C)(C)C. The first-order chi connectivity index (χ1) is 10.3. The van der Waals surface area contributed by atoms with Gasteiger partial charge in [0.25, 0.3) is 0 Å². The van der Waals surface area contributed by atoms with Crippen molar-refractivity contribution in [1.82, 2.24) is 4.90 Å². The molecule has 0 bridgehead atoms. The second-order valence-corrected chi connectivity index (χ2v) is 8.02. The summed E-state index contributed by atoms with van der Waals surface area (Å²) in [6.07, 6.45) is -0.185. The number of carbonyl (C=O) groups excluding carboxylic acids is 2. The highest BCUT2D eigenvalue weighted by Gasteiger charge is 2.29. The molecule has 0 saturated carbocycles. The fraction of sp³-hybridized carbons (Fsp3) is 0.529. The van der Waals surface area contributed by atoms with Crippen molar-refractivity contribution in [3.63, 3.8) is 0 Å². The van der Waals surface area contributed by atoms with Crippen molar-refractivity contribution < 1.29 is 14.3 Å². The zero-order valence-electron chi connectivity index (χ0n) is 13.6. The second-order valence-electron chi connectivity index (χ2n) is 6.54. The van der Waals surface area contributed by atoms with Crippen LogP contribution in [0.1, 0.15) is 39.7 Å². The third-order valence-corrected chi connectivity index (χ3v) is 4.73. The van der Waals surface area contributed by atoms with Crippen LogP contribution in [-0.4, -0.2) is 35.3 Å². The van der Waals surface area contributed by atoms with Crippen molar-refractivity contribution in [2.75, 3.05) is 13.2 Å². The zero-order valence-corrected chi connectivity index (χ0v) is 14.4. The number of cyclic esters (lactones) is 1. The van der Waals surface area contributed by atoms with Crippen LogP contribution in [-0.2, 0) is 14.9 Å². The second kappa shape index (κ2) is 6.73. The first-order valence-corrected chi connectivity index (χ1v) is 8.40. The van der Waals surface area contributed by atoms with E-state index in [0.717, 1.165) is 0 Å². The van der Waals surface area contributed by atoms with Gasteiger partial charge < -0.3 is 4.74 Å². The lowest BCUT2D eigenvalue weighted by Crippen LogP contribution is -2.33. The van der Waals surface area contributed by atoms with Crippen molar-refractivity contribution in [2.45, 2.75) is 49.7 Å². The highest BCUT2D eigenvalue weighted by molar-refractivity contribution is 8.00. The van der Waals surface area contributed by atoms with E-state index in [2.05, 4.69) is 32.9 Å². The Hall–Kier alpha value is -1.49. The van der Waals surface area contributed by atoms with Gasteiger partial charge in [0, 0.05) is 16.6 Å². The number of ether oxygens (including phenoxy) is 1. The highest BCUT2D eigenvalue weighted by atomic mass is 32.2. The van der Waals surface area contributed by atoms with Gasteiger partial charge in [-0.3, -0.25) is 4.79 Å². The molecule has 1 aliphatic rings. The highest BCUT2D eigenvalue weighted by Crippen LogP contribution is 2.35. The minimum atomic E-state index is -0.516. The predicted octanol–water partition coefficient (Wildman–Crippen LogP) is 3.83. The summed E-state index contributed by atoms with van der Waals surface area (Å²) < 4.78 is 4.81. The number of amides is 2. The molecule has 120 valence electrons. The molecule has 1 heterocycles. The monoisotopic (exact) mass is 321 g/mol. The molecule has 1 fully saturated rings. The molecule has 1 atom stereocenters.